The van der Waals surface area contributed by atoms with Crippen molar-refractivity contribution in [2.75, 3.05) is 11.9 Å². The molecule has 0 saturated carbocycles. The lowest BCUT2D eigenvalue weighted by molar-refractivity contribution is 0.736. The summed E-state index contributed by atoms with van der Waals surface area (Å²) in [5.74, 6) is 0.455. The number of hydrogen-bond donors (Lipinski definition) is 2. The Morgan fingerprint density at radius 3 is 2.95 bits per heavy atom. The summed E-state index contributed by atoms with van der Waals surface area (Å²) in [6, 6.07) is 3.95. The minimum absolute atomic E-state index is 0.165. The molecule has 0 atom stereocenters. The highest BCUT2D eigenvalue weighted by atomic mass is 32.1. The monoisotopic (exact) mass is 278 g/mol. The molecule has 2 aromatic rings. The molecule has 2 rings (SSSR count). The molecule has 0 aliphatic carbocycles. The van der Waals surface area contributed by atoms with Crippen molar-refractivity contribution in [1.29, 1.82) is 0 Å². The van der Waals surface area contributed by atoms with E-state index in [9.17, 15) is 4.79 Å². The highest BCUT2D eigenvalue weighted by Crippen LogP contribution is 2.11. The lowest BCUT2D eigenvalue weighted by atomic mass is 10.2. The number of thiophene rings is 1. The molecule has 5 nitrogen and oxygen atoms in total. The number of aromatic amines is 1. The third-order valence-corrected chi connectivity index (χ3v) is 3.64. The number of nitrogens with one attached hydrogen (secondary N) is 2. The third-order valence-electron chi connectivity index (χ3n) is 2.76. The van der Waals surface area contributed by atoms with Crippen LogP contribution in [0.15, 0.2) is 22.3 Å². The number of unbranched alkanes of at least 4 members (excludes halogenated alkanes) is 2. The second kappa shape index (κ2) is 7.04. The Labute approximate surface area is 116 Å². The molecule has 2 aromatic heterocycles. The van der Waals surface area contributed by atoms with Crippen molar-refractivity contribution in [2.45, 2.75) is 32.6 Å². The maximum absolute atomic E-state index is 11.9. The molecule has 0 bridgehead atoms. The van der Waals surface area contributed by atoms with Crippen LogP contribution in [0.2, 0.25) is 0 Å². The van der Waals surface area contributed by atoms with Crippen molar-refractivity contribution in [2.24, 2.45) is 0 Å². The van der Waals surface area contributed by atoms with E-state index in [4.69, 9.17) is 0 Å². The molecule has 0 radical (unpaired) electrons. The fraction of sp³-hybridized carbons (Fsp3) is 0.462. The van der Waals surface area contributed by atoms with Gasteiger partial charge in [-0.3, -0.25) is 9.78 Å². The molecule has 0 saturated heterocycles. The molecule has 2 heterocycles. The lowest BCUT2D eigenvalue weighted by Gasteiger charge is -2.04. The Balaban J connectivity index is 1.95. The Bertz CT molecular complexity index is 550. The Hall–Kier alpha value is -1.69. The average molecular weight is 278 g/mol. The first-order valence-electron chi connectivity index (χ1n) is 6.51. The van der Waals surface area contributed by atoms with Crippen LogP contribution >= 0.6 is 11.3 Å². The predicted molar refractivity (Wildman–Crippen MR) is 77.8 cm³/mol. The minimum Gasteiger partial charge on any atom is -0.354 e. The van der Waals surface area contributed by atoms with Gasteiger partial charge in [-0.25, -0.2) is 0 Å². The van der Waals surface area contributed by atoms with E-state index in [1.54, 1.807) is 11.3 Å². The molecule has 0 aliphatic heterocycles. The zero-order chi connectivity index (χ0) is 13.5. The maximum atomic E-state index is 11.9. The molecule has 102 valence electrons. The molecular formula is C13H18N4OS. The fourth-order valence-electron chi connectivity index (χ4n) is 1.72. The third kappa shape index (κ3) is 4.17. The van der Waals surface area contributed by atoms with E-state index in [0.29, 0.717) is 18.1 Å². The van der Waals surface area contributed by atoms with Crippen molar-refractivity contribution in [3.63, 3.8) is 0 Å². The highest BCUT2D eigenvalue weighted by Gasteiger charge is 2.06. The molecule has 0 aliphatic rings. The summed E-state index contributed by atoms with van der Waals surface area (Å²) in [5, 5.41) is 13.1. The Kier molecular flexibility index (Phi) is 5.09. The van der Waals surface area contributed by atoms with Gasteiger partial charge in [0.05, 0.1) is 0 Å². The Morgan fingerprint density at radius 2 is 2.26 bits per heavy atom. The van der Waals surface area contributed by atoms with Crippen LogP contribution in [-0.2, 0) is 6.42 Å². The van der Waals surface area contributed by atoms with Gasteiger partial charge in [0.1, 0.15) is 5.69 Å². The first kappa shape index (κ1) is 13.7. The van der Waals surface area contributed by atoms with E-state index in [0.717, 1.165) is 17.8 Å². The predicted octanol–water partition coefficient (Wildman–Crippen LogP) is 2.42. The normalized spacial score (nSPS) is 10.6. The SMILES string of the molecule is CCCCCNc1nnc(Cc2cccs2)c(=O)[nH]1. The van der Waals surface area contributed by atoms with Gasteiger partial charge < -0.3 is 5.32 Å². The molecule has 2 N–H and O–H groups in total. The van der Waals surface area contributed by atoms with Crippen molar-refractivity contribution in [1.82, 2.24) is 15.2 Å². The second-order valence-electron chi connectivity index (χ2n) is 4.34. The van der Waals surface area contributed by atoms with E-state index >= 15 is 0 Å². The van der Waals surface area contributed by atoms with Gasteiger partial charge in [0, 0.05) is 17.8 Å². The maximum Gasteiger partial charge on any atom is 0.274 e. The van der Waals surface area contributed by atoms with Crippen molar-refractivity contribution < 1.29 is 0 Å². The summed E-state index contributed by atoms with van der Waals surface area (Å²) in [6.45, 7) is 2.96. The van der Waals surface area contributed by atoms with E-state index in [1.807, 2.05) is 17.5 Å². The van der Waals surface area contributed by atoms with Crippen molar-refractivity contribution in [3.05, 3.63) is 38.4 Å². The molecule has 0 spiro atoms. The van der Waals surface area contributed by atoms with E-state index in [2.05, 4.69) is 27.4 Å². The van der Waals surface area contributed by atoms with Gasteiger partial charge in [-0.05, 0) is 17.9 Å². The van der Waals surface area contributed by atoms with E-state index in [-0.39, 0.29) is 5.56 Å². The van der Waals surface area contributed by atoms with E-state index < -0.39 is 0 Å². The number of aromatic nitrogens is 3. The quantitative estimate of drug-likeness (QED) is 0.763. The van der Waals surface area contributed by atoms with Gasteiger partial charge in [0.25, 0.3) is 5.56 Å². The zero-order valence-electron chi connectivity index (χ0n) is 11.0. The molecular weight excluding hydrogens is 260 g/mol. The zero-order valence-corrected chi connectivity index (χ0v) is 11.8. The van der Waals surface area contributed by atoms with E-state index in [1.165, 1.54) is 12.8 Å². The van der Waals surface area contributed by atoms with Gasteiger partial charge in [0.15, 0.2) is 0 Å². The molecule has 0 aromatic carbocycles. The first-order valence-corrected chi connectivity index (χ1v) is 7.39. The molecule has 19 heavy (non-hydrogen) atoms. The summed E-state index contributed by atoms with van der Waals surface area (Å²) in [4.78, 5) is 15.7. The van der Waals surface area contributed by atoms with Crippen LogP contribution in [0.1, 0.15) is 36.8 Å². The first-order chi connectivity index (χ1) is 9.29. The second-order valence-corrected chi connectivity index (χ2v) is 5.37. The Morgan fingerprint density at radius 1 is 1.37 bits per heavy atom. The summed E-state index contributed by atoms with van der Waals surface area (Å²) in [6.07, 6.45) is 3.94. The summed E-state index contributed by atoms with van der Waals surface area (Å²) < 4.78 is 0. The number of anilines is 1. The molecule has 6 heteroatoms. The van der Waals surface area contributed by atoms with Crippen LogP contribution < -0.4 is 10.9 Å². The smallest absolute Gasteiger partial charge is 0.274 e. The number of rotatable bonds is 7. The van der Waals surface area contributed by atoms with Crippen molar-refractivity contribution >= 4 is 17.3 Å². The summed E-state index contributed by atoms with van der Waals surface area (Å²) >= 11 is 1.61. The van der Waals surface area contributed by atoms with Gasteiger partial charge in [-0.15, -0.1) is 21.5 Å². The van der Waals surface area contributed by atoms with Crippen LogP contribution in [0.3, 0.4) is 0 Å². The number of hydrogen-bond acceptors (Lipinski definition) is 5. The van der Waals surface area contributed by atoms with Gasteiger partial charge in [0.2, 0.25) is 5.95 Å². The molecule has 0 fully saturated rings. The molecule has 0 amide bonds. The standard InChI is InChI=1S/C13H18N4OS/c1-2-3-4-7-14-13-15-12(18)11(16-17-13)9-10-6-5-8-19-10/h5-6,8H,2-4,7,9H2,1H3,(H2,14,15,17,18). The van der Waals surface area contributed by atoms with Crippen molar-refractivity contribution in [3.8, 4) is 0 Å². The van der Waals surface area contributed by atoms with Crippen LogP contribution in [0.4, 0.5) is 5.95 Å². The number of nitrogens with zero attached hydrogens (tertiary/aromatic N) is 2. The highest BCUT2D eigenvalue weighted by molar-refractivity contribution is 7.09. The average Bonchev–Trinajstić information content (AvgIpc) is 2.91. The topological polar surface area (TPSA) is 70.7 Å². The fourth-order valence-corrected chi connectivity index (χ4v) is 2.42. The van der Waals surface area contributed by atoms with Crippen LogP contribution in [0.25, 0.3) is 0 Å². The summed E-state index contributed by atoms with van der Waals surface area (Å²) in [5.41, 5.74) is 0.294. The van der Waals surface area contributed by atoms with Crippen LogP contribution in [0.5, 0.6) is 0 Å². The minimum atomic E-state index is -0.165. The van der Waals surface area contributed by atoms with Crippen LogP contribution in [-0.4, -0.2) is 21.7 Å². The lowest BCUT2D eigenvalue weighted by Crippen LogP contribution is -2.20. The van der Waals surface area contributed by atoms with Gasteiger partial charge in [-0.1, -0.05) is 25.8 Å². The largest absolute Gasteiger partial charge is 0.354 e. The van der Waals surface area contributed by atoms with Crippen LogP contribution in [0, 0.1) is 0 Å². The molecule has 0 unspecified atom stereocenters. The number of H-pyrrole nitrogens is 1. The van der Waals surface area contributed by atoms with Gasteiger partial charge in [-0.2, -0.15) is 0 Å². The van der Waals surface area contributed by atoms with Gasteiger partial charge >= 0.3 is 0 Å². The summed E-state index contributed by atoms with van der Waals surface area (Å²) in [7, 11) is 0.